The molecule has 0 aromatic carbocycles. The normalized spacial score (nSPS) is 45.0. The van der Waals surface area contributed by atoms with Gasteiger partial charge in [0.15, 0.2) is 75.1 Å². The van der Waals surface area contributed by atoms with E-state index in [1.165, 1.54) is 113 Å². The molecule has 7 N–H and O–H groups in total. The fourth-order valence-electron chi connectivity index (χ4n) is 30.0. The number of likely N-dealkylation sites (tertiary alicyclic amines) is 2. The predicted molar refractivity (Wildman–Crippen MR) is 460 cm³/mol. The van der Waals surface area contributed by atoms with Gasteiger partial charge in [-0.25, -0.2) is 30.7 Å². The highest BCUT2D eigenvalue weighted by Crippen LogP contribution is 2.79. The molecule has 0 aromatic rings. The van der Waals surface area contributed by atoms with Gasteiger partial charge in [0.2, 0.25) is 0 Å². The van der Waals surface area contributed by atoms with Crippen LogP contribution in [-0.4, -0.2) is 218 Å². The lowest BCUT2D eigenvalue weighted by molar-refractivity contribution is -0.212. The molecule has 0 bridgehead atoms. The van der Waals surface area contributed by atoms with Crippen molar-refractivity contribution in [2.45, 2.75) is 281 Å². The standard InChI is InChI=1S/C32H42F2N2O5S.C30H40F2N2O4S.C25H31F2NO5.C6H11NS.ClH/c1-18(37)41-16-27(40)31-17-36(28(42)35-20-7-5-4-6-8-20)15-19(31)11-22-23-13-25(33)24-12-21(38)9-10-29(24,2)32(23,34)26(39)14-30(22,31)3;1-27-9-8-19(36)11-22(27)23(31)12-21-20-10-17-14-34(26(39)33-18-6-4-3-5-7-18)16-29(17,25(38)15-35)28(20,2)13-24(37)30(21,27)32;1-13(29)33-11-21(32)24-12-28-10-14(24)6-16-17-8-19(26)18-7-15(30)4-5-22(18,2)25(17,27)20(31)9-23(16,24)3;8-7-6-4-2-1-3-5-6;/h9-10,12,19-20,22-23,25-26,39H,4-8,11,13-17H2,1-3H3,(H,35,42);8-9,11,17-18,20-21,23-24,35,37H,3-7,10,12-16H2,1-2H3,(H,33,39);4-5,7,14,16-17,19-20,28,31H,6,8-12H2,1-3H3;6H,1-5H2;1H/t19-,22-,23-,25-,26-,29-,30-,31+,32-;17-,20-,21-,23-,24-,27-,28-,29+,30-;14-,16-,17-,19-,20-,22-,23-,24+,25-;;/m000../s1. The number of halogens is 7. The van der Waals surface area contributed by atoms with Gasteiger partial charge in [-0.3, -0.25) is 38.4 Å². The maximum absolute atomic E-state index is 17.6. The zero-order valence-electron chi connectivity index (χ0n) is 72.0. The molecule has 27 atom stereocenters. The van der Waals surface area contributed by atoms with Crippen molar-refractivity contribution in [1.29, 1.82) is 0 Å². The molecule has 18 aliphatic rings. The molecule has 18 rings (SSSR count). The molecule has 15 aliphatic carbocycles. The highest BCUT2D eigenvalue weighted by Gasteiger charge is 2.82. The zero-order chi connectivity index (χ0) is 88.0. The summed E-state index contributed by atoms with van der Waals surface area (Å²) in [6, 6.07) is 1.12. The topological polar surface area (TPSA) is 291 Å². The van der Waals surface area contributed by atoms with Gasteiger partial charge in [0.05, 0.1) is 40.6 Å². The highest BCUT2D eigenvalue weighted by atomic mass is 35.5. The molecular weight excluding hydrogens is 1670 g/mol. The minimum Gasteiger partial charge on any atom is -0.458 e. The molecule has 678 valence electrons. The van der Waals surface area contributed by atoms with Crippen LogP contribution >= 0.6 is 36.8 Å². The Bertz CT molecular complexity index is 4470. The van der Waals surface area contributed by atoms with Crippen molar-refractivity contribution < 1.29 is 94.6 Å². The Kier molecular flexibility index (Phi) is 25.9. The van der Waals surface area contributed by atoms with Crippen LogP contribution < -0.4 is 16.0 Å². The minimum atomic E-state index is -2.21. The highest BCUT2D eigenvalue weighted by molar-refractivity contribution is 7.80. The molecule has 3 aliphatic heterocycles. The third-order valence-corrected chi connectivity index (χ3v) is 37.0. The average Bonchev–Trinajstić information content (AvgIpc) is 1.54. The van der Waals surface area contributed by atoms with Crippen molar-refractivity contribution in [3.05, 3.63) is 71.4 Å². The molecule has 12 saturated carbocycles. The van der Waals surface area contributed by atoms with Gasteiger partial charge in [0.1, 0.15) is 25.1 Å². The number of carbonyl (C=O) groups excluding carboxylic acids is 8. The average molecular weight is 1800 g/mol. The lowest BCUT2D eigenvalue weighted by atomic mass is 9.43. The number of esters is 2. The summed E-state index contributed by atoms with van der Waals surface area (Å²) in [4.78, 5) is 105. The zero-order valence-corrected chi connectivity index (χ0v) is 75.3. The Morgan fingerprint density at radius 2 is 0.821 bits per heavy atom. The maximum Gasteiger partial charge on any atom is 0.303 e. The lowest BCUT2D eigenvalue weighted by Gasteiger charge is -2.63. The molecule has 0 radical (unpaired) electrons. The van der Waals surface area contributed by atoms with Crippen LogP contribution in [0.25, 0.3) is 0 Å². The van der Waals surface area contributed by atoms with E-state index >= 15 is 26.3 Å². The number of aliphatic hydroxyl groups is 4. The van der Waals surface area contributed by atoms with Crippen LogP contribution in [-0.2, 0) is 60.3 Å². The van der Waals surface area contributed by atoms with E-state index < -0.39 is 151 Å². The molecule has 0 amide bonds. The van der Waals surface area contributed by atoms with Gasteiger partial charge in [0, 0.05) is 105 Å². The second-order valence-electron chi connectivity index (χ2n) is 41.1. The molecular formula is C93H125ClF6N6O14S3. The second kappa shape index (κ2) is 34.1. The van der Waals surface area contributed by atoms with E-state index in [0.29, 0.717) is 74.3 Å². The van der Waals surface area contributed by atoms with Crippen molar-refractivity contribution in [2.75, 3.05) is 59.1 Å². The number of thiocarbonyl (C=S) groups is 2. The first-order chi connectivity index (χ1) is 57.5. The van der Waals surface area contributed by atoms with Crippen molar-refractivity contribution >= 4 is 106 Å². The summed E-state index contributed by atoms with van der Waals surface area (Å²) in [5.74, 6) is -7.19. The smallest absolute Gasteiger partial charge is 0.303 e. The Hall–Kier alpha value is -5.53. The van der Waals surface area contributed by atoms with Crippen LogP contribution in [0.1, 0.15) is 209 Å². The molecule has 15 fully saturated rings. The Balaban J connectivity index is 0.000000144. The number of aliphatic hydroxyl groups excluding tert-OH is 4. The molecule has 0 aromatic heterocycles. The number of nitrogens with zero attached hydrogens (tertiary/aromatic N) is 3. The number of nitrogens with one attached hydrogen (secondary N) is 3. The second-order valence-corrected chi connectivity index (χ2v) is 42.1. The molecule has 20 nitrogen and oxygen atoms in total. The number of fused-ring (bicyclic) bond motifs is 21. The van der Waals surface area contributed by atoms with E-state index in [0.717, 1.165) is 51.4 Å². The van der Waals surface area contributed by atoms with Crippen molar-refractivity contribution in [3.63, 3.8) is 0 Å². The Labute approximate surface area is 740 Å². The molecule has 30 heteroatoms. The van der Waals surface area contributed by atoms with Crippen LogP contribution in [0, 0.1) is 102 Å². The van der Waals surface area contributed by atoms with Crippen molar-refractivity contribution in [3.8, 4) is 0 Å². The third-order valence-electron chi connectivity index (χ3n) is 36.0. The van der Waals surface area contributed by atoms with Gasteiger partial charge in [-0.2, -0.15) is 0 Å². The van der Waals surface area contributed by atoms with Gasteiger partial charge in [-0.15, -0.1) is 12.4 Å². The number of hydrogen-bond donors (Lipinski definition) is 7. The number of carbonyl (C=O) groups is 8. The fourth-order valence-corrected chi connectivity index (χ4v) is 30.8. The van der Waals surface area contributed by atoms with Gasteiger partial charge in [0.25, 0.3) is 0 Å². The lowest BCUT2D eigenvalue weighted by Crippen LogP contribution is -2.69. The molecule has 3 heterocycles. The van der Waals surface area contributed by atoms with Crippen LogP contribution in [0.2, 0.25) is 0 Å². The number of ketones is 6. The van der Waals surface area contributed by atoms with Gasteiger partial charge in [-0.1, -0.05) is 96.8 Å². The number of rotatable bonds is 11. The summed E-state index contributed by atoms with van der Waals surface area (Å²) < 4.78 is 114. The van der Waals surface area contributed by atoms with E-state index in [9.17, 15) is 58.8 Å². The molecule has 3 saturated heterocycles. The third kappa shape index (κ3) is 14.1. The van der Waals surface area contributed by atoms with E-state index in [4.69, 9.17) is 33.9 Å². The van der Waals surface area contributed by atoms with Crippen LogP contribution in [0.4, 0.5) is 26.3 Å². The minimum absolute atomic E-state index is 0. The van der Waals surface area contributed by atoms with Crippen LogP contribution in [0.15, 0.2) is 75.8 Å². The number of allylic oxidation sites excluding steroid dienone is 12. The summed E-state index contributed by atoms with van der Waals surface area (Å²) in [7, 11) is 0. The molecule has 123 heavy (non-hydrogen) atoms. The van der Waals surface area contributed by atoms with Gasteiger partial charge in [-0.05, 0) is 253 Å². The van der Waals surface area contributed by atoms with Gasteiger partial charge >= 0.3 is 11.9 Å². The quantitative estimate of drug-likeness (QED) is 0.0575. The van der Waals surface area contributed by atoms with Crippen molar-refractivity contribution in [2.24, 2.45) is 106 Å². The number of hydrogen-bond acceptors (Lipinski definition) is 19. The Morgan fingerprint density at radius 1 is 0.496 bits per heavy atom. The Morgan fingerprint density at radius 3 is 1.15 bits per heavy atom. The first kappa shape index (κ1) is 93.6. The van der Waals surface area contributed by atoms with E-state index in [-0.39, 0.29) is 151 Å². The summed E-state index contributed by atoms with van der Waals surface area (Å²) in [6.07, 6.45) is 21.6. The molecule has 0 spiro atoms. The number of alkyl halides is 6. The fraction of sp³-hybridized carbons (Fsp3) is 0.763. The summed E-state index contributed by atoms with van der Waals surface area (Å²) >= 11 is 16.3. The summed E-state index contributed by atoms with van der Waals surface area (Å²) in [6.45, 7) is 14.1. The molecule has 0 unspecified atom stereocenters. The first-order valence-electron chi connectivity index (χ1n) is 45.1. The van der Waals surface area contributed by atoms with Crippen molar-refractivity contribution in [1.82, 2.24) is 25.8 Å². The maximum atomic E-state index is 17.6. The number of ether oxygens (including phenoxy) is 2. The first-order valence-corrected chi connectivity index (χ1v) is 46.2. The van der Waals surface area contributed by atoms with Gasteiger partial charge < -0.3 is 55.7 Å². The predicted octanol–water partition coefficient (Wildman–Crippen LogP) is 12.5. The van der Waals surface area contributed by atoms with Crippen LogP contribution in [0.5, 0.6) is 0 Å². The van der Waals surface area contributed by atoms with E-state index in [1.807, 2.05) is 30.6 Å². The largest absolute Gasteiger partial charge is 0.458 e. The van der Waals surface area contributed by atoms with E-state index in [2.05, 4.69) is 32.7 Å². The van der Waals surface area contributed by atoms with Crippen LogP contribution in [0.3, 0.4) is 0 Å². The SMILES string of the molecule is CC(=O)OCC(=O)[C@@]12CN(C(=S)NC3CCCCC3)C[C@@H]1C[C@H]1[C@@H]3C[C@H](F)C4=CC(=O)C=C[C@]4(C)[C@@]3(F)[C@@H](O)C[C@@]12C.CC(=O)OCC(=O)[C@@]12CNC[C@@H]1C[C@H]1[C@@H]3C[C@H](F)C4=CC(=O)C=C[C@]4(C)[C@@]3(F)[C@@H](O)C[C@@]12C.C[C@]12C=CC(=O)C=C1[C@@H](F)C[C@H]1[C@@H]3C[C@H]4CN(C(=S)NC5CCCCC5)C[C@@]4(C(=O)CO)[C@@]3(C)C[C@H](O)[C@@]12F.Cl.S=NC1CCCCC1. The van der Waals surface area contributed by atoms with E-state index in [1.54, 1.807) is 20.8 Å². The summed E-state index contributed by atoms with van der Waals surface area (Å²) in [5, 5.41) is 56.5. The monoisotopic (exact) mass is 1790 g/mol. The summed E-state index contributed by atoms with van der Waals surface area (Å²) in [5.41, 5.74) is -16.2. The number of Topliss-reactive ketones (excluding diaryl/α,β-unsaturated/α-hetero) is 3.